The van der Waals surface area contributed by atoms with Gasteiger partial charge in [-0.2, -0.15) is 0 Å². The van der Waals surface area contributed by atoms with Gasteiger partial charge in [-0.25, -0.2) is 4.98 Å². The van der Waals surface area contributed by atoms with E-state index in [1.165, 1.54) is 0 Å². The van der Waals surface area contributed by atoms with Crippen LogP contribution in [0.3, 0.4) is 0 Å². The maximum atomic E-state index is 13.4. The molecule has 1 saturated heterocycles. The largest absolute Gasteiger partial charge is 0.338 e. The summed E-state index contributed by atoms with van der Waals surface area (Å²) in [6.07, 6.45) is 0.833. The molecule has 0 aliphatic carbocycles. The predicted octanol–water partition coefficient (Wildman–Crippen LogP) is 5.01. The summed E-state index contributed by atoms with van der Waals surface area (Å²) in [4.78, 5) is 21.2. The van der Waals surface area contributed by atoms with Crippen molar-refractivity contribution in [3.8, 4) is 10.6 Å². The predicted molar refractivity (Wildman–Crippen MR) is 122 cm³/mol. The topological polar surface area (TPSA) is 59.2 Å². The summed E-state index contributed by atoms with van der Waals surface area (Å²) in [5, 5.41) is 2.94. The van der Waals surface area contributed by atoms with Gasteiger partial charge in [0.1, 0.15) is 0 Å². The van der Waals surface area contributed by atoms with Gasteiger partial charge in [-0.3, -0.25) is 4.79 Å². The van der Waals surface area contributed by atoms with Crippen LogP contribution in [0.4, 0.5) is 0 Å². The number of carbonyl (C=O) groups is 1. The van der Waals surface area contributed by atoms with Crippen molar-refractivity contribution in [3.63, 3.8) is 0 Å². The van der Waals surface area contributed by atoms with Gasteiger partial charge in [0.05, 0.1) is 21.7 Å². The molecule has 4 rings (SSSR count). The van der Waals surface area contributed by atoms with Gasteiger partial charge in [-0.15, -0.1) is 36.2 Å². The maximum absolute atomic E-state index is 13.4. The van der Waals surface area contributed by atoms with Crippen LogP contribution < -0.4 is 5.73 Å². The second-order valence-electron chi connectivity index (χ2n) is 7.66. The van der Waals surface area contributed by atoms with Crippen molar-refractivity contribution in [2.75, 3.05) is 13.1 Å². The molecule has 1 fully saturated rings. The number of thiophene rings is 1. The lowest BCUT2D eigenvalue weighted by Crippen LogP contribution is -2.54. The lowest BCUT2D eigenvalue weighted by molar-refractivity contribution is 0.0535. The number of benzene rings is 1. The summed E-state index contributed by atoms with van der Waals surface area (Å²) >= 11 is 1.64. The third-order valence-electron chi connectivity index (χ3n) is 5.32. The highest BCUT2D eigenvalue weighted by molar-refractivity contribution is 7.13. The summed E-state index contributed by atoms with van der Waals surface area (Å²) in [5.74, 6) is 0.0707. The number of halogens is 2. The van der Waals surface area contributed by atoms with Crippen molar-refractivity contribution in [2.45, 2.75) is 26.3 Å². The minimum absolute atomic E-state index is 0. The molecule has 0 spiro atoms. The molecule has 1 unspecified atom stereocenters. The number of pyridine rings is 1. The van der Waals surface area contributed by atoms with Crippen LogP contribution in [0.5, 0.6) is 0 Å². The minimum Gasteiger partial charge on any atom is -0.338 e. The number of rotatable bonds is 2. The Bertz CT molecular complexity index is 959. The van der Waals surface area contributed by atoms with E-state index in [9.17, 15) is 4.79 Å². The third-order valence-corrected chi connectivity index (χ3v) is 6.21. The van der Waals surface area contributed by atoms with Gasteiger partial charge in [0, 0.05) is 24.5 Å². The first-order valence-electron chi connectivity index (χ1n) is 8.94. The lowest BCUT2D eigenvalue weighted by Gasteiger charge is -2.42. The quantitative estimate of drug-likeness (QED) is 0.612. The number of aromatic nitrogens is 1. The van der Waals surface area contributed by atoms with Crippen LogP contribution in [0, 0.1) is 5.41 Å². The fourth-order valence-corrected chi connectivity index (χ4v) is 4.31. The normalized spacial score (nSPS) is 18.2. The Morgan fingerprint density at radius 3 is 2.64 bits per heavy atom. The van der Waals surface area contributed by atoms with Gasteiger partial charge >= 0.3 is 0 Å². The number of carbonyl (C=O) groups excluding carboxylic acids is 1. The van der Waals surface area contributed by atoms with E-state index in [1.54, 1.807) is 11.3 Å². The van der Waals surface area contributed by atoms with Crippen molar-refractivity contribution in [1.82, 2.24) is 9.88 Å². The number of nitrogens with zero attached hydrogens (tertiary/aromatic N) is 2. The second-order valence-corrected chi connectivity index (χ2v) is 8.61. The number of piperidine rings is 1. The zero-order chi connectivity index (χ0) is 18.3. The number of hydrogen-bond acceptors (Lipinski definition) is 4. The Kier molecular flexibility index (Phi) is 7.10. The Balaban J connectivity index is 0.00000140. The fourth-order valence-electron chi connectivity index (χ4n) is 3.62. The highest BCUT2D eigenvalue weighted by Gasteiger charge is 2.36. The van der Waals surface area contributed by atoms with E-state index >= 15 is 0 Å². The molecule has 3 aromatic rings. The number of fused-ring (bicyclic) bond motifs is 1. The van der Waals surface area contributed by atoms with Gasteiger partial charge in [-0.1, -0.05) is 38.1 Å². The monoisotopic (exact) mass is 437 g/mol. The first kappa shape index (κ1) is 22.6. The molecule has 1 aromatic carbocycles. The Labute approximate surface area is 182 Å². The first-order chi connectivity index (χ1) is 12.5. The van der Waals surface area contributed by atoms with Crippen LogP contribution in [0.25, 0.3) is 21.5 Å². The number of nitrogens with two attached hydrogens (primary N) is 1. The molecule has 28 heavy (non-hydrogen) atoms. The third kappa shape index (κ3) is 4.18. The molecule has 1 atom stereocenters. The Morgan fingerprint density at radius 1 is 1.21 bits per heavy atom. The van der Waals surface area contributed by atoms with E-state index in [2.05, 4.69) is 13.8 Å². The summed E-state index contributed by atoms with van der Waals surface area (Å²) in [5.41, 5.74) is 8.61. The van der Waals surface area contributed by atoms with Crippen LogP contribution in [-0.2, 0) is 0 Å². The summed E-state index contributed by atoms with van der Waals surface area (Å²) in [6, 6.07) is 14.0. The number of likely N-dealkylation sites (tertiary alicyclic amines) is 1. The molecule has 2 N–H and O–H groups in total. The summed E-state index contributed by atoms with van der Waals surface area (Å²) in [7, 11) is 0. The summed E-state index contributed by atoms with van der Waals surface area (Å²) in [6.45, 7) is 5.66. The fraction of sp³-hybridized carbons (Fsp3) is 0.333. The number of amides is 1. The van der Waals surface area contributed by atoms with Crippen molar-refractivity contribution in [3.05, 3.63) is 53.4 Å². The molecule has 4 nitrogen and oxygen atoms in total. The van der Waals surface area contributed by atoms with Gasteiger partial charge < -0.3 is 10.6 Å². The van der Waals surface area contributed by atoms with E-state index in [0.29, 0.717) is 13.1 Å². The Morgan fingerprint density at radius 2 is 1.96 bits per heavy atom. The second kappa shape index (κ2) is 8.78. The van der Waals surface area contributed by atoms with Crippen molar-refractivity contribution < 1.29 is 4.79 Å². The molecular formula is C21H25Cl2N3OS. The molecule has 7 heteroatoms. The van der Waals surface area contributed by atoms with Crippen LogP contribution in [-0.4, -0.2) is 34.9 Å². The first-order valence-corrected chi connectivity index (χ1v) is 9.82. The molecule has 2 aromatic heterocycles. The molecule has 1 amide bonds. The molecule has 0 saturated carbocycles. The van der Waals surface area contributed by atoms with Crippen LogP contribution in [0.15, 0.2) is 47.8 Å². The van der Waals surface area contributed by atoms with E-state index < -0.39 is 0 Å². The molecule has 1 aliphatic rings. The van der Waals surface area contributed by atoms with E-state index in [0.717, 1.165) is 33.5 Å². The number of hydrogen-bond donors (Lipinski definition) is 1. The molecular weight excluding hydrogens is 413 g/mol. The van der Waals surface area contributed by atoms with Gasteiger partial charge in [0.2, 0.25) is 0 Å². The SMILES string of the molecule is CC1(C)CN(C(=O)c2cc(-c3cccs3)nc3ccccc23)CCC1N.Cl.Cl. The van der Waals surface area contributed by atoms with Gasteiger partial charge in [-0.05, 0) is 35.4 Å². The van der Waals surface area contributed by atoms with E-state index in [-0.39, 0.29) is 42.2 Å². The minimum atomic E-state index is -0.0761. The maximum Gasteiger partial charge on any atom is 0.254 e. The van der Waals surface area contributed by atoms with Crippen molar-refractivity contribution in [2.24, 2.45) is 11.1 Å². The van der Waals surface area contributed by atoms with E-state index in [4.69, 9.17) is 10.7 Å². The van der Waals surface area contributed by atoms with E-state index in [1.807, 2.05) is 52.7 Å². The molecule has 150 valence electrons. The average molecular weight is 438 g/mol. The zero-order valence-corrected chi connectivity index (χ0v) is 18.4. The molecule has 0 radical (unpaired) electrons. The van der Waals surface area contributed by atoms with Crippen molar-refractivity contribution in [1.29, 1.82) is 0 Å². The standard InChI is InChI=1S/C21H23N3OS.2ClH/c1-21(2)13-24(10-9-19(21)22)20(25)15-12-17(18-8-5-11-26-18)23-16-7-4-3-6-14(15)16;;/h3-8,11-12,19H,9-10,13,22H2,1-2H3;2*1H. The average Bonchev–Trinajstić information content (AvgIpc) is 3.17. The van der Waals surface area contributed by atoms with Crippen LogP contribution >= 0.6 is 36.2 Å². The highest BCUT2D eigenvalue weighted by atomic mass is 35.5. The lowest BCUT2D eigenvalue weighted by atomic mass is 9.79. The smallest absolute Gasteiger partial charge is 0.254 e. The van der Waals surface area contributed by atoms with Crippen LogP contribution in [0.2, 0.25) is 0 Å². The van der Waals surface area contributed by atoms with Crippen molar-refractivity contribution >= 4 is 53.0 Å². The number of para-hydroxylation sites is 1. The molecule has 1 aliphatic heterocycles. The molecule has 0 bridgehead atoms. The summed E-state index contributed by atoms with van der Waals surface area (Å²) < 4.78 is 0. The van der Waals surface area contributed by atoms with Gasteiger partial charge in [0.15, 0.2) is 0 Å². The molecule has 3 heterocycles. The zero-order valence-electron chi connectivity index (χ0n) is 15.9. The Hall–Kier alpha value is -1.66. The van der Waals surface area contributed by atoms with Gasteiger partial charge in [0.25, 0.3) is 5.91 Å². The van der Waals surface area contributed by atoms with Crippen LogP contribution in [0.1, 0.15) is 30.6 Å². The highest BCUT2D eigenvalue weighted by Crippen LogP contribution is 2.32.